The van der Waals surface area contributed by atoms with E-state index in [0.717, 1.165) is 15.7 Å². The van der Waals surface area contributed by atoms with Crippen LogP contribution < -0.4 is 16.0 Å². The second kappa shape index (κ2) is 7.93. The van der Waals surface area contributed by atoms with E-state index in [2.05, 4.69) is 5.43 Å². The number of hydrogen-bond donors (Lipinski definition) is 2. The zero-order valence-corrected chi connectivity index (χ0v) is 12.8. The topological polar surface area (TPSA) is 64.3 Å². The highest BCUT2D eigenvalue weighted by Crippen LogP contribution is 2.26. The Morgan fingerprint density at radius 3 is 2.81 bits per heavy atom. The molecule has 1 amide bonds. The van der Waals surface area contributed by atoms with E-state index >= 15 is 0 Å². The van der Waals surface area contributed by atoms with Gasteiger partial charge >= 0.3 is 0 Å². The summed E-state index contributed by atoms with van der Waals surface area (Å²) in [6, 6.07) is 14.6. The molecule has 21 heavy (non-hydrogen) atoms. The molecule has 0 saturated carbocycles. The zero-order valence-electron chi connectivity index (χ0n) is 11.2. The number of carbonyl (C=O) groups is 1. The van der Waals surface area contributed by atoms with Crippen LogP contribution in [0.3, 0.4) is 0 Å². The van der Waals surface area contributed by atoms with Crippen LogP contribution in [0.4, 0.5) is 0 Å². The quantitative estimate of drug-likeness (QED) is 0.282. The van der Waals surface area contributed by atoms with Gasteiger partial charge in [-0.25, -0.2) is 5.84 Å². The monoisotopic (exact) mass is 322 g/mol. The van der Waals surface area contributed by atoms with Gasteiger partial charge in [0.25, 0.3) is 5.91 Å². The lowest BCUT2D eigenvalue weighted by Crippen LogP contribution is -2.29. The Bertz CT molecular complexity index is 622. The number of thioether (sulfide) groups is 1. The van der Waals surface area contributed by atoms with E-state index < -0.39 is 0 Å². The molecule has 0 aromatic heterocycles. The molecule has 0 bridgehead atoms. The molecule has 0 heterocycles. The molecule has 0 aliphatic heterocycles. The Hall–Kier alpha value is -1.69. The summed E-state index contributed by atoms with van der Waals surface area (Å²) in [6.45, 7) is 0.517. The van der Waals surface area contributed by atoms with Gasteiger partial charge in [0.15, 0.2) is 0 Å². The van der Waals surface area contributed by atoms with Crippen LogP contribution >= 0.6 is 23.4 Å². The molecule has 0 aliphatic rings. The molecule has 3 N–H and O–H groups in total. The second-order valence-corrected chi connectivity index (χ2v) is 5.67. The number of nitrogen functional groups attached to an aromatic ring is 1. The lowest BCUT2D eigenvalue weighted by molar-refractivity contribution is 0.0953. The lowest BCUT2D eigenvalue weighted by atomic mass is 10.2. The van der Waals surface area contributed by atoms with Gasteiger partial charge in [0, 0.05) is 16.2 Å². The van der Waals surface area contributed by atoms with Gasteiger partial charge in [-0.3, -0.25) is 10.2 Å². The zero-order chi connectivity index (χ0) is 15.1. The molecule has 2 aromatic carbocycles. The number of hydrogen-bond acceptors (Lipinski definition) is 4. The standard InChI is InChI=1S/C15H15ClN2O2S/c16-13-6-1-2-7-14(13)21-9-8-20-12-5-3-4-11(10-12)15(19)18-17/h1-7,10H,8-9,17H2,(H,18,19). The summed E-state index contributed by atoms with van der Waals surface area (Å²) in [4.78, 5) is 12.4. The summed E-state index contributed by atoms with van der Waals surface area (Å²) in [5.41, 5.74) is 2.56. The van der Waals surface area contributed by atoms with E-state index in [9.17, 15) is 4.79 Å². The molecular weight excluding hydrogens is 308 g/mol. The highest BCUT2D eigenvalue weighted by atomic mass is 35.5. The predicted octanol–water partition coefficient (Wildman–Crippen LogP) is 3.11. The van der Waals surface area contributed by atoms with Crippen LogP contribution in [0, 0.1) is 0 Å². The molecule has 0 unspecified atom stereocenters. The fourth-order valence-electron chi connectivity index (χ4n) is 1.68. The molecule has 4 nitrogen and oxygen atoms in total. The van der Waals surface area contributed by atoms with Gasteiger partial charge in [0.05, 0.1) is 11.6 Å². The molecule has 0 fully saturated rings. The number of hydrazine groups is 1. The largest absolute Gasteiger partial charge is 0.493 e. The minimum absolute atomic E-state index is 0.342. The summed E-state index contributed by atoms with van der Waals surface area (Å²) in [5.74, 6) is 6.15. The molecule has 0 aliphatic carbocycles. The second-order valence-electron chi connectivity index (χ2n) is 4.13. The molecule has 110 valence electrons. The van der Waals surface area contributed by atoms with Crippen molar-refractivity contribution in [3.8, 4) is 5.75 Å². The molecule has 6 heteroatoms. The number of rotatable bonds is 6. The first-order valence-corrected chi connectivity index (χ1v) is 7.68. The van der Waals surface area contributed by atoms with Crippen LogP contribution in [0.15, 0.2) is 53.4 Å². The van der Waals surface area contributed by atoms with Crippen molar-refractivity contribution in [2.75, 3.05) is 12.4 Å². The minimum Gasteiger partial charge on any atom is -0.493 e. The van der Waals surface area contributed by atoms with Crippen LogP contribution in [0.2, 0.25) is 5.02 Å². The number of halogens is 1. The van der Waals surface area contributed by atoms with E-state index in [1.807, 2.05) is 24.3 Å². The Morgan fingerprint density at radius 2 is 2.05 bits per heavy atom. The Morgan fingerprint density at radius 1 is 1.24 bits per heavy atom. The van der Waals surface area contributed by atoms with Crippen LogP contribution in [-0.4, -0.2) is 18.3 Å². The number of nitrogens with two attached hydrogens (primary N) is 1. The first-order chi connectivity index (χ1) is 10.2. The third-order valence-corrected chi connectivity index (χ3v) is 4.15. The number of carbonyl (C=O) groups excluding carboxylic acids is 1. The van der Waals surface area contributed by atoms with Crippen LogP contribution in [0.1, 0.15) is 10.4 Å². The van der Waals surface area contributed by atoms with Crippen molar-refractivity contribution in [3.05, 3.63) is 59.1 Å². The van der Waals surface area contributed by atoms with Crippen LogP contribution in [0.25, 0.3) is 0 Å². The van der Waals surface area contributed by atoms with Crippen LogP contribution in [0.5, 0.6) is 5.75 Å². The smallest absolute Gasteiger partial charge is 0.265 e. The molecule has 0 saturated heterocycles. The van der Waals surface area contributed by atoms with Crippen molar-refractivity contribution < 1.29 is 9.53 Å². The molecular formula is C15H15ClN2O2S. The van der Waals surface area contributed by atoms with Gasteiger partial charge in [0.1, 0.15) is 5.75 Å². The first kappa shape index (κ1) is 15.7. The van der Waals surface area contributed by atoms with E-state index in [-0.39, 0.29) is 5.91 Å². The van der Waals surface area contributed by atoms with Crippen molar-refractivity contribution in [1.82, 2.24) is 5.43 Å². The fourth-order valence-corrected chi connectivity index (χ4v) is 2.75. The average molecular weight is 323 g/mol. The molecule has 2 rings (SSSR count). The van der Waals surface area contributed by atoms with Crippen molar-refractivity contribution >= 4 is 29.3 Å². The Labute approximate surface area is 132 Å². The summed E-state index contributed by atoms with van der Waals surface area (Å²) < 4.78 is 5.62. The lowest BCUT2D eigenvalue weighted by Gasteiger charge is -2.08. The Kier molecular flexibility index (Phi) is 5.92. The number of nitrogens with one attached hydrogen (secondary N) is 1. The summed E-state index contributed by atoms with van der Waals surface area (Å²) in [7, 11) is 0. The molecule has 2 aromatic rings. The molecule has 0 atom stereocenters. The predicted molar refractivity (Wildman–Crippen MR) is 85.8 cm³/mol. The SMILES string of the molecule is NNC(=O)c1cccc(OCCSc2ccccc2Cl)c1. The van der Waals surface area contributed by atoms with E-state index in [1.165, 1.54) is 0 Å². The van der Waals surface area contributed by atoms with Crippen molar-refractivity contribution in [3.63, 3.8) is 0 Å². The number of amides is 1. The van der Waals surface area contributed by atoms with Gasteiger partial charge in [-0.1, -0.05) is 29.8 Å². The van der Waals surface area contributed by atoms with Crippen molar-refractivity contribution in [2.45, 2.75) is 4.90 Å². The first-order valence-electron chi connectivity index (χ1n) is 6.32. The molecule has 0 spiro atoms. The maximum absolute atomic E-state index is 11.4. The van der Waals surface area contributed by atoms with E-state index in [0.29, 0.717) is 17.9 Å². The summed E-state index contributed by atoms with van der Waals surface area (Å²) in [6.07, 6.45) is 0. The van der Waals surface area contributed by atoms with Crippen LogP contribution in [-0.2, 0) is 0 Å². The average Bonchev–Trinajstić information content (AvgIpc) is 2.52. The maximum atomic E-state index is 11.4. The van der Waals surface area contributed by atoms with E-state index in [1.54, 1.807) is 36.0 Å². The molecule has 0 radical (unpaired) electrons. The van der Waals surface area contributed by atoms with Gasteiger partial charge in [0.2, 0.25) is 0 Å². The van der Waals surface area contributed by atoms with Gasteiger partial charge in [-0.05, 0) is 30.3 Å². The highest BCUT2D eigenvalue weighted by molar-refractivity contribution is 7.99. The highest BCUT2D eigenvalue weighted by Gasteiger charge is 2.05. The normalized spacial score (nSPS) is 10.2. The maximum Gasteiger partial charge on any atom is 0.265 e. The number of benzene rings is 2. The van der Waals surface area contributed by atoms with E-state index in [4.69, 9.17) is 22.2 Å². The van der Waals surface area contributed by atoms with Gasteiger partial charge in [-0.2, -0.15) is 0 Å². The van der Waals surface area contributed by atoms with Crippen molar-refractivity contribution in [2.24, 2.45) is 5.84 Å². The van der Waals surface area contributed by atoms with Crippen molar-refractivity contribution in [1.29, 1.82) is 0 Å². The number of ether oxygens (including phenoxy) is 1. The third-order valence-electron chi connectivity index (χ3n) is 2.67. The Balaban J connectivity index is 1.84. The van der Waals surface area contributed by atoms with Gasteiger partial charge < -0.3 is 4.74 Å². The summed E-state index contributed by atoms with van der Waals surface area (Å²) >= 11 is 7.70. The third kappa shape index (κ3) is 4.67. The fraction of sp³-hybridized carbons (Fsp3) is 0.133. The summed E-state index contributed by atoms with van der Waals surface area (Å²) in [5, 5.41) is 0.740. The minimum atomic E-state index is -0.342. The van der Waals surface area contributed by atoms with Gasteiger partial charge in [-0.15, -0.1) is 11.8 Å².